The summed E-state index contributed by atoms with van der Waals surface area (Å²) in [5.74, 6) is 10.7. The summed E-state index contributed by atoms with van der Waals surface area (Å²) >= 11 is 0. The molecule has 0 N–H and O–H groups in total. The van der Waals surface area contributed by atoms with Gasteiger partial charge in [-0.3, -0.25) is 0 Å². The Hall–Kier alpha value is -0.420. The monoisotopic (exact) mass is 2130 g/mol. The minimum Gasteiger partial charge on any atom is -0.171 e. The number of hydrogen-bond donors (Lipinski definition) is 0. The smallest absolute Gasteiger partial charge is 0.171 e. The quantitative estimate of drug-likeness (QED) is 0.213. The van der Waals surface area contributed by atoms with Crippen molar-refractivity contribution in [2.45, 2.75) is 756 Å². The Morgan fingerprint density at radius 2 is 0.597 bits per heavy atom. The molecule has 0 nitrogen and oxygen atoms in total. The Balaban J connectivity index is -0.000000538. The van der Waals surface area contributed by atoms with Crippen LogP contribution in [0.15, 0.2) is 0 Å². The van der Waals surface area contributed by atoms with Gasteiger partial charge in [-0.25, -0.2) is 0 Å². The highest BCUT2D eigenvalue weighted by Gasteiger charge is 2.52. The number of fused-ring (bicyclic) bond motifs is 3. The standard InChI is InChI=1S/C16H30.C14H26.C12H20.C12H22.2C11H20.C7H14.2C6H11F3.C6H12.C6H14.3C5H12.4C4H10.C3H8.C2H6/c1-13-6-8-16(9-7-13)11-14(2,3)10-15(4,5)12-16;1-12-4-6-14(7-5-12)10-8-13(2,3)9-11-14;1-2-12-6-9-3-10(7-12)5-11(4-9)8-12;1-11-5-9-12(10-6-11)7-3-2-4-8-12;1-8-9-4-6-10(7-5-9)11(8,2)3;1-10-4-8-11(9-5-10)6-2-3-7-11;1-7-5-3-2-4-6-7;2*1-3-5(2)4-6(7,8)9;1-6-4-2-3-5-6;1-5-6(2,3)4;2*1-5(2,3)4;1-4-5(2)3;2*1-4(2)3;2*1-3-4-2;1-3-2;1-2/h13H,6-12H2,1-5H3;12H,4-11H2,1-3H3;9-11H,2-8H2,1H3;11H,2-10H2,1H3;8-10H,4-7H2,1-3H3;10H,2-9H2,1H3;7H,2-6H2,1H3;2*5H,3-4H2,1-2H3;6H,2-5H2,1H3;5H2,1-4H3;2*1-4H3;5H,4H2,1-3H3;2*4H,1-3H3;2*3-4H2,1-2H3;3H2,1-2H3;1-2H3/t;;;;8-,9?,10?;;;2*5-;;;;;;;;;;;/m....1..00.........../s1/i;;;;;;7D;;;6D;5D2;1D3;;4D2;4D;;3D2;;;. The van der Waals surface area contributed by atoms with Crippen molar-refractivity contribution in [1.82, 2.24) is 0 Å². The molecule has 0 unspecified atom stereocenters. The van der Waals surface area contributed by atoms with Crippen molar-refractivity contribution >= 4 is 0 Å². The average molecular weight is 2140 g/mol. The van der Waals surface area contributed by atoms with Gasteiger partial charge in [0.05, 0.1) is 0 Å². The zero-order valence-electron chi connectivity index (χ0n) is 123. The highest BCUT2D eigenvalue weighted by Crippen LogP contribution is 2.63. The van der Waals surface area contributed by atoms with Crippen LogP contribution in [0.25, 0.3) is 0 Å². The summed E-state index contributed by atoms with van der Waals surface area (Å²) in [6.07, 6.45) is 69.9. The molecule has 0 aliphatic heterocycles. The number of halogens is 6. The van der Waals surface area contributed by atoms with Crippen LogP contribution >= 0.6 is 0 Å². The van der Waals surface area contributed by atoms with Gasteiger partial charge in [0.1, 0.15) is 0 Å². The van der Waals surface area contributed by atoms with Crippen LogP contribution in [-0.2, 0) is 0 Å². The summed E-state index contributed by atoms with van der Waals surface area (Å²) in [4.78, 5) is 0. The molecule has 0 aromatic heterocycles. The van der Waals surface area contributed by atoms with E-state index in [4.69, 9.17) is 16.4 Å². The third-order valence-corrected chi connectivity index (χ3v) is 35.8. The first-order valence-corrected chi connectivity index (χ1v) is 64.8. The molecule has 17 aliphatic rings. The fourth-order valence-electron chi connectivity index (χ4n) is 26.0. The van der Waals surface area contributed by atoms with E-state index in [9.17, 15) is 26.3 Å². The van der Waals surface area contributed by atoms with Gasteiger partial charge in [0.2, 0.25) is 0 Å². The van der Waals surface area contributed by atoms with Crippen LogP contribution in [-0.4, -0.2) is 12.4 Å². The van der Waals surface area contributed by atoms with E-state index in [1.54, 1.807) is 159 Å². The van der Waals surface area contributed by atoms with Gasteiger partial charge in [-0.15, -0.1) is 0 Å². The molecule has 4 spiro atoms. The zero-order chi connectivity index (χ0) is 127. The molecule has 0 aromatic rings. The minimum absolute atomic E-state index is 0.0556. The Bertz CT molecular complexity index is 3290. The summed E-state index contributed by atoms with van der Waals surface area (Å²) in [5, 5.41) is 0. The molecule has 0 heterocycles. The number of rotatable bonds is 8. The van der Waals surface area contributed by atoms with Gasteiger partial charge >= 0.3 is 12.4 Å². The lowest BCUT2D eigenvalue weighted by Gasteiger charge is -2.56. The first-order valence-electron chi connectivity index (χ1n) is 70.8. The molecule has 904 valence electrons. The van der Waals surface area contributed by atoms with Crippen LogP contribution in [0.4, 0.5) is 26.3 Å². The lowest BCUT2D eigenvalue weighted by Crippen LogP contribution is -2.45. The van der Waals surface area contributed by atoms with Crippen molar-refractivity contribution in [3.05, 3.63) is 0 Å². The molecular weight excluding hydrogens is 1830 g/mol. The fourth-order valence-corrected chi connectivity index (χ4v) is 26.0. The van der Waals surface area contributed by atoms with Crippen LogP contribution in [0.3, 0.4) is 0 Å². The van der Waals surface area contributed by atoms with Gasteiger partial charge in [0.25, 0.3) is 0 Å². The highest BCUT2D eigenvalue weighted by atomic mass is 19.4. The van der Waals surface area contributed by atoms with E-state index in [1.807, 2.05) is 90.0 Å². The van der Waals surface area contributed by atoms with Gasteiger partial charge in [0, 0.05) is 29.3 Å². The number of hydrogen-bond acceptors (Lipinski definition) is 0. The Labute approximate surface area is 958 Å². The van der Waals surface area contributed by atoms with Gasteiger partial charge in [-0.2, -0.15) is 26.3 Å². The first-order chi connectivity index (χ1) is 72.7. The molecule has 17 aliphatic carbocycles. The third kappa shape index (κ3) is 86.1. The van der Waals surface area contributed by atoms with E-state index >= 15 is 0 Å². The fraction of sp³-hybridized carbons (Fsp3) is 1.00. The molecule has 17 saturated carbocycles. The maximum atomic E-state index is 11.5. The molecule has 6 bridgehead atoms. The van der Waals surface area contributed by atoms with E-state index in [-0.39, 0.29) is 40.9 Å². The highest BCUT2D eigenvalue weighted by molar-refractivity contribution is 5.03. The van der Waals surface area contributed by atoms with Crippen LogP contribution < -0.4 is 0 Å². The molecular formula is C143H290F6. The van der Waals surface area contributed by atoms with Crippen molar-refractivity contribution in [1.29, 1.82) is 0 Å². The largest absolute Gasteiger partial charge is 0.389 e. The van der Waals surface area contributed by atoms with E-state index in [1.165, 1.54) is 238 Å². The van der Waals surface area contributed by atoms with E-state index < -0.39 is 56.6 Å². The lowest BCUT2D eigenvalue weighted by atomic mass is 9.49. The molecule has 17 fully saturated rings. The minimum atomic E-state index is -3.98. The molecule has 0 amide bonds. The summed E-state index contributed by atoms with van der Waals surface area (Å²) in [7, 11) is 0. The summed E-state index contributed by atoms with van der Waals surface area (Å²) < 4.78 is 154. The number of alkyl halides is 6. The van der Waals surface area contributed by atoms with Crippen LogP contribution in [0.1, 0.15) is 760 Å². The van der Waals surface area contributed by atoms with Gasteiger partial charge < -0.3 is 0 Å². The van der Waals surface area contributed by atoms with Crippen molar-refractivity contribution < 1.29 is 42.8 Å². The van der Waals surface area contributed by atoms with E-state index in [0.29, 0.717) is 51.8 Å². The third-order valence-electron chi connectivity index (χ3n) is 35.8. The van der Waals surface area contributed by atoms with Crippen molar-refractivity contribution in [2.75, 3.05) is 0 Å². The predicted octanol–water partition coefficient (Wildman–Crippen LogP) is 53.9. The maximum Gasteiger partial charge on any atom is 0.389 e. The Kier molecular flexibility index (Phi) is 72.9. The molecule has 6 heteroatoms. The van der Waals surface area contributed by atoms with Crippen LogP contribution in [0.5, 0.6) is 0 Å². The van der Waals surface area contributed by atoms with Crippen molar-refractivity contribution in [3.63, 3.8) is 0 Å². The average Bonchev–Trinajstić information content (AvgIpc) is 1.28. The molecule has 0 saturated heterocycles. The van der Waals surface area contributed by atoms with Gasteiger partial charge in [-0.1, -0.05) is 545 Å². The first kappa shape index (κ1) is 134. The Morgan fingerprint density at radius 3 is 0.785 bits per heavy atom. The topological polar surface area (TPSA) is 0 Å². The zero-order valence-corrected chi connectivity index (χ0v) is 111. The van der Waals surface area contributed by atoms with Crippen LogP contribution in [0, 0.1) is 166 Å². The normalized spacial score (nSPS) is 28.6. The summed E-state index contributed by atoms with van der Waals surface area (Å²) in [6.45, 7) is 98.0. The lowest BCUT2D eigenvalue weighted by molar-refractivity contribution is -0.144. The second-order valence-corrected chi connectivity index (χ2v) is 60.7. The van der Waals surface area contributed by atoms with E-state index in [0.717, 1.165) is 112 Å². The Morgan fingerprint density at radius 1 is 0.349 bits per heavy atom. The maximum absolute atomic E-state index is 11.5. The SMILES string of the molecule is CC.CC(C)(C)C.CC(C)C.CC1CCC2(CC1)CC(C)(C)CC(C)(C)C2.CC1CCC2(CC1)CCC(C)(C)CC2.CC1CCC2(CCCC2)CC1.CC1CCC2(CCCCC2)CC1.CCC.CCC12CC3CC(CC(C3)C1)C2.CCCC.CC[C@H](C)CC(F)(F)F.CC[C@H](C)CC(F)(F)F.C[C@@H]1C2CCC(CC2)C1(C)C.[2H]C(C)(C)C.[2H]C([2H])(C)C(C)(C)C.[2H]C([2H])(C)C(C)C.[2H]C([2H])(C)CC.[2H]C([2H])([2H])C(C)(C)C.[2H]C1(C)CCCC1.[2H]C1(C)CCCCC1. The number of unbranched alkanes of at least 4 members (excludes halogenated alkanes) is 1. The van der Waals surface area contributed by atoms with Crippen molar-refractivity contribution in [2.24, 2.45) is 166 Å². The molecule has 3 atom stereocenters. The van der Waals surface area contributed by atoms with Crippen LogP contribution in [0.2, 0.25) is 0 Å². The molecule has 149 heavy (non-hydrogen) atoms. The summed E-state index contributed by atoms with van der Waals surface area (Å²) in [6, 6.07) is 0. The van der Waals surface area contributed by atoms with Crippen molar-refractivity contribution in [3.8, 4) is 0 Å². The van der Waals surface area contributed by atoms with E-state index in [2.05, 4.69) is 173 Å². The van der Waals surface area contributed by atoms with Gasteiger partial charge in [0.15, 0.2) is 0 Å². The molecule has 0 aromatic carbocycles. The second-order valence-electron chi connectivity index (χ2n) is 60.7. The second kappa shape index (κ2) is 81.2. The predicted molar refractivity (Wildman–Crippen MR) is 670 cm³/mol. The summed E-state index contributed by atoms with van der Waals surface area (Å²) in [5.41, 5.74) is 6.19. The van der Waals surface area contributed by atoms with Gasteiger partial charge in [-0.05, 0) is 352 Å². The molecule has 0 radical (unpaired) electrons. The molecule has 17 rings (SSSR count).